The van der Waals surface area contributed by atoms with Crippen molar-refractivity contribution in [1.29, 1.82) is 0 Å². The van der Waals surface area contributed by atoms with E-state index in [1.807, 2.05) is 13.8 Å². The summed E-state index contributed by atoms with van der Waals surface area (Å²) in [4.78, 5) is 27.3. The van der Waals surface area contributed by atoms with Crippen LogP contribution in [0.2, 0.25) is 5.02 Å². The van der Waals surface area contributed by atoms with E-state index < -0.39 is 10.8 Å². The molecule has 0 unspecified atom stereocenters. The van der Waals surface area contributed by atoms with Gasteiger partial charge in [-0.2, -0.15) is 0 Å². The molecule has 20 heavy (non-hydrogen) atoms. The fraction of sp³-hybridized carbons (Fsp3) is 0.167. The van der Waals surface area contributed by atoms with Gasteiger partial charge in [-0.3, -0.25) is 20.2 Å². The third kappa shape index (κ3) is 2.94. The number of benzene rings is 1. The van der Waals surface area contributed by atoms with Crippen LogP contribution in [-0.2, 0) is 0 Å². The molecular weight excluding hydrogens is 302 g/mol. The molecule has 1 amide bonds. The van der Waals surface area contributed by atoms with Gasteiger partial charge >= 0.3 is 0 Å². The van der Waals surface area contributed by atoms with Gasteiger partial charge in [-0.15, -0.1) is 11.3 Å². The van der Waals surface area contributed by atoms with Gasteiger partial charge in [0.25, 0.3) is 11.6 Å². The van der Waals surface area contributed by atoms with Crippen molar-refractivity contribution < 1.29 is 9.72 Å². The number of carbonyl (C=O) groups excluding carboxylic acids is 1. The van der Waals surface area contributed by atoms with Crippen molar-refractivity contribution in [3.8, 4) is 0 Å². The van der Waals surface area contributed by atoms with Crippen LogP contribution in [0.3, 0.4) is 0 Å². The molecular formula is C12H10ClN3O3S. The van der Waals surface area contributed by atoms with Crippen molar-refractivity contribution in [3.63, 3.8) is 0 Å². The summed E-state index contributed by atoms with van der Waals surface area (Å²) in [6.07, 6.45) is 0. The first kappa shape index (κ1) is 14.4. The number of nitrogens with one attached hydrogen (secondary N) is 1. The molecule has 0 bridgehead atoms. The molecule has 2 aromatic rings. The predicted octanol–water partition coefficient (Wildman–Crippen LogP) is 3.57. The van der Waals surface area contributed by atoms with Gasteiger partial charge in [-0.25, -0.2) is 4.98 Å². The topological polar surface area (TPSA) is 85.1 Å². The maximum Gasteiger partial charge on any atom is 0.270 e. The molecule has 0 fully saturated rings. The number of aryl methyl sites for hydroxylation is 2. The van der Waals surface area contributed by atoms with Crippen LogP contribution in [0.4, 0.5) is 10.8 Å². The number of thiazole rings is 1. The lowest BCUT2D eigenvalue weighted by atomic mass is 10.2. The Morgan fingerprint density at radius 3 is 2.65 bits per heavy atom. The Morgan fingerprint density at radius 1 is 1.45 bits per heavy atom. The van der Waals surface area contributed by atoms with E-state index in [1.54, 1.807) is 0 Å². The van der Waals surface area contributed by atoms with Gasteiger partial charge in [-0.1, -0.05) is 11.6 Å². The van der Waals surface area contributed by atoms with Crippen molar-refractivity contribution in [2.24, 2.45) is 0 Å². The molecule has 0 atom stereocenters. The number of amides is 1. The lowest BCUT2D eigenvalue weighted by Crippen LogP contribution is -2.12. The Kier molecular flexibility index (Phi) is 4.01. The average molecular weight is 312 g/mol. The zero-order valence-electron chi connectivity index (χ0n) is 10.6. The van der Waals surface area contributed by atoms with Gasteiger partial charge in [0.05, 0.1) is 21.2 Å². The normalized spacial score (nSPS) is 10.3. The third-order valence-corrected chi connectivity index (χ3v) is 3.96. The summed E-state index contributed by atoms with van der Waals surface area (Å²) in [5.41, 5.74) is 0.857. The summed E-state index contributed by atoms with van der Waals surface area (Å²) >= 11 is 7.25. The Labute approximate surface area is 123 Å². The van der Waals surface area contributed by atoms with Gasteiger partial charge < -0.3 is 0 Å². The first-order valence-corrected chi connectivity index (χ1v) is 6.77. The van der Waals surface area contributed by atoms with Gasteiger partial charge in [0.1, 0.15) is 0 Å². The van der Waals surface area contributed by atoms with E-state index in [0.717, 1.165) is 16.6 Å². The van der Waals surface area contributed by atoms with Crippen molar-refractivity contribution in [2.45, 2.75) is 13.8 Å². The second kappa shape index (κ2) is 5.56. The van der Waals surface area contributed by atoms with Crippen LogP contribution < -0.4 is 5.32 Å². The SMILES string of the molecule is Cc1nc(NC(=O)c2ccc([N+](=O)[O-])cc2Cl)sc1C. The maximum absolute atomic E-state index is 12.0. The van der Waals surface area contributed by atoms with Crippen molar-refractivity contribution in [1.82, 2.24) is 4.98 Å². The van der Waals surface area contributed by atoms with E-state index in [4.69, 9.17) is 11.6 Å². The van der Waals surface area contributed by atoms with E-state index in [2.05, 4.69) is 10.3 Å². The minimum absolute atomic E-state index is 0.0294. The standard InChI is InChI=1S/C12H10ClN3O3S/c1-6-7(2)20-12(14-6)15-11(17)9-4-3-8(16(18)19)5-10(9)13/h3-5H,1-2H3,(H,14,15,17). The largest absolute Gasteiger partial charge is 0.298 e. The van der Waals surface area contributed by atoms with Crippen LogP contribution in [0.1, 0.15) is 20.9 Å². The number of halogens is 1. The van der Waals surface area contributed by atoms with E-state index in [1.165, 1.54) is 23.5 Å². The van der Waals surface area contributed by atoms with Crippen molar-refractivity contribution in [2.75, 3.05) is 5.32 Å². The molecule has 8 heteroatoms. The van der Waals surface area contributed by atoms with Crippen LogP contribution in [0.25, 0.3) is 0 Å². The number of hydrogen-bond acceptors (Lipinski definition) is 5. The Morgan fingerprint density at radius 2 is 2.15 bits per heavy atom. The minimum atomic E-state index is -0.568. The van der Waals surface area contributed by atoms with Crippen LogP contribution in [0, 0.1) is 24.0 Å². The van der Waals surface area contributed by atoms with Gasteiger partial charge in [-0.05, 0) is 19.9 Å². The Hall–Kier alpha value is -1.99. The molecule has 1 aromatic carbocycles. The highest BCUT2D eigenvalue weighted by molar-refractivity contribution is 7.15. The third-order valence-electron chi connectivity index (χ3n) is 2.66. The zero-order chi connectivity index (χ0) is 14.9. The Balaban J connectivity index is 2.23. The van der Waals surface area contributed by atoms with Crippen LogP contribution in [0.15, 0.2) is 18.2 Å². The highest BCUT2D eigenvalue weighted by atomic mass is 35.5. The monoisotopic (exact) mass is 311 g/mol. The number of non-ortho nitro benzene ring substituents is 1. The summed E-state index contributed by atoms with van der Waals surface area (Å²) in [5, 5.41) is 13.7. The number of aromatic nitrogens is 1. The molecule has 2 rings (SSSR count). The second-order valence-electron chi connectivity index (χ2n) is 4.04. The number of anilines is 1. The maximum atomic E-state index is 12.0. The molecule has 104 valence electrons. The first-order chi connectivity index (χ1) is 9.38. The summed E-state index contributed by atoms with van der Waals surface area (Å²) in [7, 11) is 0. The molecule has 0 radical (unpaired) electrons. The van der Waals surface area contributed by atoms with Gasteiger partial charge in [0.2, 0.25) is 0 Å². The zero-order valence-corrected chi connectivity index (χ0v) is 12.2. The number of nitro benzene ring substituents is 1. The number of nitrogens with zero attached hydrogens (tertiary/aromatic N) is 2. The fourth-order valence-corrected chi connectivity index (χ4v) is 2.56. The Bertz CT molecular complexity index is 680. The molecule has 0 aliphatic heterocycles. The van der Waals surface area contributed by atoms with E-state index in [0.29, 0.717) is 5.13 Å². The van der Waals surface area contributed by atoms with Crippen molar-refractivity contribution in [3.05, 3.63) is 49.5 Å². The molecule has 0 saturated heterocycles. The number of nitro groups is 1. The number of hydrogen-bond donors (Lipinski definition) is 1. The fourth-order valence-electron chi connectivity index (χ4n) is 1.49. The van der Waals surface area contributed by atoms with Gasteiger partial charge in [0, 0.05) is 17.0 Å². The van der Waals surface area contributed by atoms with Crippen LogP contribution >= 0.6 is 22.9 Å². The summed E-state index contributed by atoms with van der Waals surface area (Å²) < 4.78 is 0. The average Bonchev–Trinajstić information content (AvgIpc) is 2.67. The second-order valence-corrected chi connectivity index (χ2v) is 5.65. The molecule has 6 nitrogen and oxygen atoms in total. The van der Waals surface area contributed by atoms with E-state index >= 15 is 0 Å². The highest BCUT2D eigenvalue weighted by Gasteiger charge is 2.16. The number of carbonyl (C=O) groups is 1. The van der Waals surface area contributed by atoms with E-state index in [-0.39, 0.29) is 16.3 Å². The number of rotatable bonds is 3. The molecule has 0 saturated carbocycles. The molecule has 1 N–H and O–H groups in total. The molecule has 0 aliphatic carbocycles. The highest BCUT2D eigenvalue weighted by Crippen LogP contribution is 2.25. The predicted molar refractivity (Wildman–Crippen MR) is 77.6 cm³/mol. The van der Waals surface area contributed by atoms with Crippen molar-refractivity contribution >= 4 is 39.7 Å². The van der Waals surface area contributed by atoms with Crippen LogP contribution in [-0.4, -0.2) is 15.8 Å². The van der Waals surface area contributed by atoms with Gasteiger partial charge in [0.15, 0.2) is 5.13 Å². The quantitative estimate of drug-likeness (QED) is 0.693. The first-order valence-electron chi connectivity index (χ1n) is 5.58. The summed E-state index contributed by atoms with van der Waals surface area (Å²) in [5.74, 6) is -0.446. The van der Waals surface area contributed by atoms with Crippen LogP contribution in [0.5, 0.6) is 0 Å². The lowest BCUT2D eigenvalue weighted by molar-refractivity contribution is -0.384. The summed E-state index contributed by atoms with van der Waals surface area (Å²) in [6.45, 7) is 3.75. The lowest BCUT2D eigenvalue weighted by Gasteiger charge is -2.03. The molecule has 0 spiro atoms. The molecule has 1 heterocycles. The summed E-state index contributed by atoms with van der Waals surface area (Å²) in [6, 6.07) is 3.71. The molecule has 1 aromatic heterocycles. The smallest absolute Gasteiger partial charge is 0.270 e. The minimum Gasteiger partial charge on any atom is -0.298 e. The van der Waals surface area contributed by atoms with E-state index in [9.17, 15) is 14.9 Å². The molecule has 0 aliphatic rings.